The molecule has 3 saturated heterocycles. The molecule has 0 spiro atoms. The molecule has 12 N–H and O–H groups in total. The number of aliphatic hydroxyl groups excluding tert-OH is 11. The Morgan fingerprint density at radius 2 is 0.767 bits per heavy atom. The molecule has 3 aliphatic heterocycles. The zero-order valence-electron chi connectivity index (χ0n) is 53.5. The van der Waals surface area contributed by atoms with Gasteiger partial charge in [0.05, 0.1) is 38.6 Å². The van der Waals surface area contributed by atoms with Crippen molar-refractivity contribution in [2.45, 2.75) is 266 Å². The summed E-state index contributed by atoms with van der Waals surface area (Å²) >= 11 is 0. The van der Waals surface area contributed by atoms with Crippen molar-refractivity contribution in [1.82, 2.24) is 5.32 Å². The number of aliphatic hydroxyl groups is 11. The van der Waals surface area contributed by atoms with Crippen molar-refractivity contribution >= 4 is 5.91 Å². The molecule has 3 fully saturated rings. The molecule has 3 rings (SSSR count). The molecule has 90 heavy (non-hydrogen) atoms. The average Bonchev–Trinajstić information content (AvgIpc) is 0.847. The SMILES string of the molecule is CC/C=C\C/C=C\C/C=C\C/C=C\C/C=C\C/C=C\C/C=C\C/C=C\C/C=C\C/C=C\C/C=C\CCCCCC(=O)NC(COC1OC(CO)C(OC2OC(CO)C(OC3OC(CO)C(O)C(O)C3O)C(O)C2O)C(O)C1O)C(O)/C=C/CCCCCCCC. The van der Waals surface area contributed by atoms with E-state index in [0.29, 0.717) is 6.42 Å². The summed E-state index contributed by atoms with van der Waals surface area (Å²) < 4.78 is 34.1. The third-order valence-electron chi connectivity index (χ3n) is 15.4. The first kappa shape index (κ1) is 79.9. The Morgan fingerprint density at radius 1 is 0.411 bits per heavy atom. The minimum Gasteiger partial charge on any atom is -0.394 e. The van der Waals surface area contributed by atoms with Gasteiger partial charge in [-0.25, -0.2) is 0 Å². The first-order chi connectivity index (χ1) is 43.8. The molecule has 0 aromatic rings. The first-order valence-corrected chi connectivity index (χ1v) is 33.1. The van der Waals surface area contributed by atoms with Crippen LogP contribution in [0.15, 0.2) is 146 Å². The zero-order valence-corrected chi connectivity index (χ0v) is 53.5. The monoisotopic (exact) mass is 1270 g/mol. The van der Waals surface area contributed by atoms with Gasteiger partial charge in [-0.2, -0.15) is 0 Å². The molecule has 3 heterocycles. The first-order valence-electron chi connectivity index (χ1n) is 33.1. The van der Waals surface area contributed by atoms with Crippen molar-refractivity contribution in [2.75, 3.05) is 26.4 Å². The highest BCUT2D eigenvalue weighted by Crippen LogP contribution is 2.33. The van der Waals surface area contributed by atoms with Crippen molar-refractivity contribution in [3.8, 4) is 0 Å². The molecule has 0 aromatic heterocycles. The van der Waals surface area contributed by atoms with Gasteiger partial charge in [0.1, 0.15) is 73.2 Å². The topological polar surface area (TPSA) is 307 Å². The standard InChI is InChI=1S/C71H113NO18/c1-3-5-7-9-11-13-14-15-16-17-18-19-20-21-22-23-24-25-26-27-28-29-30-31-32-33-34-35-36-37-38-39-40-41-43-45-47-49-59(77)72-54(55(76)48-46-44-42-12-10-8-6-4-2)53-85-69-65(83)62(80)67(57(51-74)87-69)90-71-66(84)63(81)68(58(52-75)88-71)89-70-64(82)61(79)60(78)56(50-73)86-70/h5,7,11,13,15-16,18-19,21-22,24-25,27-28,30-31,33-34,36-37,39-40,46,48,54-58,60-71,73-76,78-84H,3-4,6,8-10,12,14,17,20,23,26,29,32,35,38,41-45,47,49-53H2,1-2H3,(H,72,77)/b7-5-,13-11-,16-15-,19-18-,22-21-,25-24-,28-27-,31-30-,34-33-,37-36-,40-39-,48-46+. The number of nitrogens with one attached hydrogen (secondary N) is 1. The molecule has 0 saturated carbocycles. The van der Waals surface area contributed by atoms with Gasteiger partial charge in [-0.1, -0.05) is 198 Å². The molecule has 19 heteroatoms. The summed E-state index contributed by atoms with van der Waals surface area (Å²) in [5.74, 6) is -0.319. The van der Waals surface area contributed by atoms with Crippen LogP contribution in [0.4, 0.5) is 0 Å². The Labute approximate surface area is 536 Å². The van der Waals surface area contributed by atoms with E-state index in [0.717, 1.165) is 122 Å². The summed E-state index contributed by atoms with van der Waals surface area (Å²) in [4.78, 5) is 13.3. The maximum absolute atomic E-state index is 13.3. The highest BCUT2D eigenvalue weighted by molar-refractivity contribution is 5.76. The Hall–Kier alpha value is -4.33. The molecule has 19 nitrogen and oxygen atoms in total. The molecule has 0 aliphatic carbocycles. The van der Waals surface area contributed by atoms with E-state index >= 15 is 0 Å². The van der Waals surface area contributed by atoms with Crippen molar-refractivity contribution in [3.05, 3.63) is 146 Å². The van der Waals surface area contributed by atoms with E-state index in [1.54, 1.807) is 6.08 Å². The number of allylic oxidation sites excluding steroid dienone is 23. The summed E-state index contributed by atoms with van der Waals surface area (Å²) in [5, 5.41) is 120. The number of unbranched alkanes of at least 4 members (excludes halogenated alkanes) is 9. The highest BCUT2D eigenvalue weighted by Gasteiger charge is 2.53. The van der Waals surface area contributed by atoms with Crippen LogP contribution >= 0.6 is 0 Å². The molecule has 0 bridgehead atoms. The Bertz CT molecular complexity index is 2200. The zero-order chi connectivity index (χ0) is 65.4. The summed E-state index contributed by atoms with van der Waals surface area (Å²) in [6.45, 7) is 1.49. The summed E-state index contributed by atoms with van der Waals surface area (Å²) in [7, 11) is 0. The molecule has 0 aromatic carbocycles. The van der Waals surface area contributed by atoms with Crippen molar-refractivity contribution in [1.29, 1.82) is 0 Å². The van der Waals surface area contributed by atoms with Crippen LogP contribution < -0.4 is 5.32 Å². The number of carbonyl (C=O) groups excluding carboxylic acids is 1. The number of amides is 1. The number of hydrogen-bond acceptors (Lipinski definition) is 18. The van der Waals surface area contributed by atoms with Crippen LogP contribution in [-0.4, -0.2) is 193 Å². The third kappa shape index (κ3) is 33.0. The lowest BCUT2D eigenvalue weighted by Gasteiger charge is -2.48. The van der Waals surface area contributed by atoms with E-state index in [1.807, 2.05) is 6.08 Å². The summed E-state index contributed by atoms with van der Waals surface area (Å²) in [6, 6.07) is -0.999. The van der Waals surface area contributed by atoms with Crippen LogP contribution in [0.5, 0.6) is 0 Å². The van der Waals surface area contributed by atoms with E-state index in [-0.39, 0.29) is 18.9 Å². The smallest absolute Gasteiger partial charge is 0.220 e. The van der Waals surface area contributed by atoms with Gasteiger partial charge < -0.3 is 89.9 Å². The maximum Gasteiger partial charge on any atom is 0.220 e. The Morgan fingerprint density at radius 3 is 1.20 bits per heavy atom. The van der Waals surface area contributed by atoms with E-state index in [2.05, 4.69) is 153 Å². The van der Waals surface area contributed by atoms with E-state index < -0.39 is 124 Å². The fourth-order valence-electron chi connectivity index (χ4n) is 10.0. The molecule has 510 valence electrons. The lowest BCUT2D eigenvalue weighted by atomic mass is 9.96. The Kier molecular flexibility index (Phi) is 45.4. The second-order valence-corrected chi connectivity index (χ2v) is 22.8. The number of hydrogen-bond donors (Lipinski definition) is 12. The number of carbonyl (C=O) groups is 1. The van der Waals surface area contributed by atoms with Crippen LogP contribution in [0, 0.1) is 0 Å². The summed E-state index contributed by atoms with van der Waals surface area (Å²) in [5.41, 5.74) is 0. The van der Waals surface area contributed by atoms with Crippen molar-refractivity contribution in [3.63, 3.8) is 0 Å². The van der Waals surface area contributed by atoms with Gasteiger partial charge in [-0.15, -0.1) is 0 Å². The maximum atomic E-state index is 13.3. The lowest BCUT2D eigenvalue weighted by Crippen LogP contribution is -2.66. The molecule has 1 amide bonds. The van der Waals surface area contributed by atoms with Gasteiger partial charge in [0, 0.05) is 6.42 Å². The molecular weight excluding hydrogens is 1150 g/mol. The van der Waals surface area contributed by atoms with Gasteiger partial charge in [0.15, 0.2) is 18.9 Å². The largest absolute Gasteiger partial charge is 0.394 e. The number of rotatable bonds is 47. The van der Waals surface area contributed by atoms with Crippen molar-refractivity contribution < 1.29 is 89.4 Å². The third-order valence-corrected chi connectivity index (χ3v) is 15.4. The predicted molar refractivity (Wildman–Crippen MR) is 350 cm³/mol. The Balaban J connectivity index is 1.35. The van der Waals surface area contributed by atoms with Gasteiger partial charge >= 0.3 is 0 Å². The van der Waals surface area contributed by atoms with Crippen LogP contribution in [0.3, 0.4) is 0 Å². The van der Waals surface area contributed by atoms with E-state index in [4.69, 9.17) is 28.4 Å². The summed E-state index contributed by atoms with van der Waals surface area (Å²) in [6.07, 6.45) is 45.9. The van der Waals surface area contributed by atoms with Crippen LogP contribution in [0.1, 0.15) is 162 Å². The van der Waals surface area contributed by atoms with Crippen LogP contribution in [0.25, 0.3) is 0 Å². The average molecular weight is 1270 g/mol. The van der Waals surface area contributed by atoms with E-state index in [9.17, 15) is 61.0 Å². The molecular formula is C71H113NO18. The van der Waals surface area contributed by atoms with Gasteiger partial charge in [-0.3, -0.25) is 4.79 Å². The van der Waals surface area contributed by atoms with Crippen LogP contribution in [-0.2, 0) is 33.2 Å². The minimum atomic E-state index is -1.99. The fraction of sp³-hybridized carbons (Fsp3) is 0.648. The van der Waals surface area contributed by atoms with Crippen molar-refractivity contribution in [2.24, 2.45) is 0 Å². The van der Waals surface area contributed by atoms with Gasteiger partial charge in [0.2, 0.25) is 5.91 Å². The second kappa shape index (κ2) is 51.1. The van der Waals surface area contributed by atoms with Gasteiger partial charge in [-0.05, 0) is 103 Å². The molecule has 3 aliphatic rings. The van der Waals surface area contributed by atoms with E-state index in [1.165, 1.54) is 12.8 Å². The second-order valence-electron chi connectivity index (χ2n) is 22.8. The fourth-order valence-corrected chi connectivity index (χ4v) is 10.0. The number of ether oxygens (including phenoxy) is 6. The molecule has 17 atom stereocenters. The minimum absolute atomic E-state index is 0.192. The van der Waals surface area contributed by atoms with Gasteiger partial charge in [0.25, 0.3) is 0 Å². The normalized spacial score (nSPS) is 29.0. The van der Waals surface area contributed by atoms with Crippen LogP contribution in [0.2, 0.25) is 0 Å². The quantitative estimate of drug-likeness (QED) is 0.0203. The predicted octanol–water partition coefficient (Wildman–Crippen LogP) is 7.98. The molecule has 0 radical (unpaired) electrons. The molecule has 17 unspecified atom stereocenters. The lowest BCUT2D eigenvalue weighted by molar-refractivity contribution is -0.379. The highest BCUT2D eigenvalue weighted by atomic mass is 16.8.